The first-order valence-corrected chi connectivity index (χ1v) is 17.5. The van der Waals surface area contributed by atoms with Crippen molar-refractivity contribution in [3.05, 3.63) is 194 Å². The average molecular weight is 649 g/mol. The summed E-state index contributed by atoms with van der Waals surface area (Å²) in [4.78, 5) is 5.23. The Morgan fingerprint density at radius 1 is 0.333 bits per heavy atom. The molecule has 10 aromatic rings. The van der Waals surface area contributed by atoms with Gasteiger partial charge in [0, 0.05) is 23.5 Å². The number of pyridine rings is 1. The van der Waals surface area contributed by atoms with Crippen molar-refractivity contribution in [2.45, 2.75) is 0 Å². The summed E-state index contributed by atoms with van der Waals surface area (Å²) in [5.74, 6) is 0. The second kappa shape index (κ2) is 12.0. The van der Waals surface area contributed by atoms with Gasteiger partial charge in [-0.3, -0.25) is 0 Å². The van der Waals surface area contributed by atoms with Crippen LogP contribution < -0.4 is 0 Å². The number of fused-ring (bicyclic) bond motifs is 4. The van der Waals surface area contributed by atoms with Crippen molar-refractivity contribution in [3.63, 3.8) is 0 Å². The van der Waals surface area contributed by atoms with Crippen LogP contribution in [0.4, 0.5) is 0 Å². The summed E-state index contributed by atoms with van der Waals surface area (Å²) in [6, 6.07) is 65.5. The highest BCUT2D eigenvalue weighted by Gasteiger charge is 2.18. The lowest BCUT2D eigenvalue weighted by molar-refractivity contribution is 1.19. The minimum Gasteiger partial charge on any atom is -0.305 e. The van der Waals surface area contributed by atoms with Gasteiger partial charge in [-0.15, -0.1) is 0 Å². The number of benzene rings is 8. The SMILES string of the molecule is c1ccc(-c2cc(-c3ccccc3)c3nc(-c4ccc(-c5c6ccccc6c(-c6ccc7ccccc7c6)c6ccccc56)cc4)cn3c2)cc1. The monoisotopic (exact) mass is 648 g/mol. The van der Waals surface area contributed by atoms with E-state index in [9.17, 15) is 0 Å². The van der Waals surface area contributed by atoms with E-state index < -0.39 is 0 Å². The normalized spacial score (nSPS) is 11.5. The molecule has 0 aliphatic carbocycles. The fourth-order valence-electron chi connectivity index (χ4n) is 7.76. The molecule has 2 heterocycles. The van der Waals surface area contributed by atoms with Crippen LogP contribution in [-0.4, -0.2) is 9.38 Å². The summed E-state index contributed by atoms with van der Waals surface area (Å²) in [5, 5.41) is 7.52. The average Bonchev–Trinajstić information content (AvgIpc) is 3.65. The molecule has 10 rings (SSSR count). The summed E-state index contributed by atoms with van der Waals surface area (Å²) in [5.41, 5.74) is 12.6. The first-order chi connectivity index (χ1) is 25.3. The molecule has 0 N–H and O–H groups in total. The molecule has 8 aromatic carbocycles. The Balaban J connectivity index is 1.12. The summed E-state index contributed by atoms with van der Waals surface area (Å²) >= 11 is 0. The zero-order valence-electron chi connectivity index (χ0n) is 27.9. The molecule has 0 saturated heterocycles. The van der Waals surface area contributed by atoms with Crippen LogP contribution in [0.5, 0.6) is 0 Å². The van der Waals surface area contributed by atoms with E-state index in [0.29, 0.717) is 0 Å². The summed E-state index contributed by atoms with van der Waals surface area (Å²) in [6.45, 7) is 0. The fourth-order valence-corrected chi connectivity index (χ4v) is 7.76. The van der Waals surface area contributed by atoms with Gasteiger partial charge in [0.05, 0.1) is 5.69 Å². The van der Waals surface area contributed by atoms with Crippen molar-refractivity contribution >= 4 is 38.0 Å². The van der Waals surface area contributed by atoms with Gasteiger partial charge >= 0.3 is 0 Å². The van der Waals surface area contributed by atoms with Gasteiger partial charge < -0.3 is 4.40 Å². The summed E-state index contributed by atoms with van der Waals surface area (Å²) in [6.07, 6.45) is 4.35. The third-order valence-electron chi connectivity index (χ3n) is 10.2. The third-order valence-corrected chi connectivity index (χ3v) is 10.2. The Hall–Kier alpha value is -6.77. The number of hydrogen-bond acceptors (Lipinski definition) is 1. The standard InChI is InChI=1S/C49H32N2/c1-3-13-33(14-4-1)40-30-45(35-16-5-2-6-17-35)49-50-46(32-51(49)31-40)36-24-26-37(27-25-36)47-41-19-9-11-21-43(41)48(44-22-12-10-20-42(44)47)39-28-23-34-15-7-8-18-38(34)29-39/h1-32H. The second-order valence-electron chi connectivity index (χ2n) is 13.2. The molecule has 0 saturated carbocycles. The molecule has 0 radical (unpaired) electrons. The number of nitrogens with zero attached hydrogens (tertiary/aromatic N) is 2. The van der Waals surface area contributed by atoms with Crippen molar-refractivity contribution in [1.82, 2.24) is 9.38 Å². The van der Waals surface area contributed by atoms with E-state index in [2.05, 4.69) is 199 Å². The van der Waals surface area contributed by atoms with Gasteiger partial charge in [-0.1, -0.05) is 170 Å². The Kier molecular flexibility index (Phi) is 6.85. The Morgan fingerprint density at radius 2 is 0.843 bits per heavy atom. The fraction of sp³-hybridized carbons (Fsp3) is 0. The van der Waals surface area contributed by atoms with E-state index in [1.165, 1.54) is 60.1 Å². The van der Waals surface area contributed by atoms with Gasteiger partial charge in [0.2, 0.25) is 0 Å². The molecule has 0 atom stereocenters. The Morgan fingerprint density at radius 3 is 1.49 bits per heavy atom. The molecule has 0 amide bonds. The molecule has 0 bridgehead atoms. The zero-order chi connectivity index (χ0) is 33.7. The van der Waals surface area contributed by atoms with Gasteiger partial charge in [-0.2, -0.15) is 0 Å². The van der Waals surface area contributed by atoms with Crippen molar-refractivity contribution in [2.24, 2.45) is 0 Å². The highest BCUT2D eigenvalue weighted by molar-refractivity contribution is 6.21. The van der Waals surface area contributed by atoms with Crippen LogP contribution in [0.1, 0.15) is 0 Å². The van der Waals surface area contributed by atoms with Gasteiger partial charge in [0.1, 0.15) is 5.65 Å². The van der Waals surface area contributed by atoms with E-state index in [0.717, 1.165) is 33.6 Å². The minimum atomic E-state index is 0.946. The maximum atomic E-state index is 5.23. The van der Waals surface area contributed by atoms with Crippen molar-refractivity contribution in [1.29, 1.82) is 0 Å². The first-order valence-electron chi connectivity index (χ1n) is 17.5. The molecule has 2 aromatic heterocycles. The molecule has 51 heavy (non-hydrogen) atoms. The van der Waals surface area contributed by atoms with E-state index in [1.54, 1.807) is 0 Å². The predicted octanol–water partition coefficient (Wildman–Crippen LogP) is 13.1. The van der Waals surface area contributed by atoms with Crippen molar-refractivity contribution < 1.29 is 0 Å². The molecular formula is C49H32N2. The highest BCUT2D eigenvalue weighted by Crippen LogP contribution is 2.44. The molecule has 2 heteroatoms. The van der Waals surface area contributed by atoms with Gasteiger partial charge in [-0.25, -0.2) is 4.98 Å². The number of imidazole rings is 1. The molecule has 0 unspecified atom stereocenters. The van der Waals surface area contributed by atoms with Crippen LogP contribution in [0.15, 0.2) is 194 Å². The molecule has 0 fully saturated rings. The van der Waals surface area contributed by atoms with Crippen LogP contribution in [0.25, 0.3) is 93.7 Å². The number of aromatic nitrogens is 2. The van der Waals surface area contributed by atoms with Crippen LogP contribution in [-0.2, 0) is 0 Å². The topological polar surface area (TPSA) is 17.3 Å². The van der Waals surface area contributed by atoms with Crippen LogP contribution in [0.2, 0.25) is 0 Å². The highest BCUT2D eigenvalue weighted by atomic mass is 15.0. The van der Waals surface area contributed by atoms with Crippen molar-refractivity contribution in [3.8, 4) is 55.8 Å². The predicted molar refractivity (Wildman–Crippen MR) is 215 cm³/mol. The van der Waals surface area contributed by atoms with Gasteiger partial charge in [0.25, 0.3) is 0 Å². The number of hydrogen-bond donors (Lipinski definition) is 0. The minimum absolute atomic E-state index is 0.946. The van der Waals surface area contributed by atoms with Gasteiger partial charge in [0.15, 0.2) is 0 Å². The van der Waals surface area contributed by atoms with E-state index in [-0.39, 0.29) is 0 Å². The van der Waals surface area contributed by atoms with Crippen LogP contribution >= 0.6 is 0 Å². The van der Waals surface area contributed by atoms with E-state index in [4.69, 9.17) is 4.98 Å². The summed E-state index contributed by atoms with van der Waals surface area (Å²) in [7, 11) is 0. The van der Waals surface area contributed by atoms with Crippen molar-refractivity contribution in [2.75, 3.05) is 0 Å². The largest absolute Gasteiger partial charge is 0.305 e. The molecule has 2 nitrogen and oxygen atoms in total. The Bertz CT molecular complexity index is 2830. The summed E-state index contributed by atoms with van der Waals surface area (Å²) < 4.78 is 2.18. The van der Waals surface area contributed by atoms with Gasteiger partial charge in [-0.05, 0) is 83.4 Å². The van der Waals surface area contributed by atoms with E-state index >= 15 is 0 Å². The third kappa shape index (κ3) is 5.00. The quantitative estimate of drug-likeness (QED) is 0.170. The van der Waals surface area contributed by atoms with Crippen LogP contribution in [0, 0.1) is 0 Å². The maximum Gasteiger partial charge on any atom is 0.145 e. The lowest BCUT2D eigenvalue weighted by Crippen LogP contribution is -1.91. The number of rotatable bonds is 5. The molecule has 0 spiro atoms. The van der Waals surface area contributed by atoms with Crippen LogP contribution in [0.3, 0.4) is 0 Å². The smallest absolute Gasteiger partial charge is 0.145 e. The molecule has 0 aliphatic rings. The zero-order valence-corrected chi connectivity index (χ0v) is 27.9. The molecule has 0 aliphatic heterocycles. The van der Waals surface area contributed by atoms with E-state index in [1.807, 2.05) is 0 Å². The lowest BCUT2D eigenvalue weighted by Gasteiger charge is -2.18. The molecule has 238 valence electrons. The first kappa shape index (κ1) is 29.2. The lowest BCUT2D eigenvalue weighted by atomic mass is 9.85. The maximum absolute atomic E-state index is 5.23. The second-order valence-corrected chi connectivity index (χ2v) is 13.2. The Labute approximate surface area is 296 Å². The molecular weight excluding hydrogens is 617 g/mol.